The third-order valence-electron chi connectivity index (χ3n) is 2.69. The first-order chi connectivity index (χ1) is 8.01. The van der Waals surface area contributed by atoms with E-state index in [4.69, 9.17) is 16.3 Å². The summed E-state index contributed by atoms with van der Waals surface area (Å²) in [4.78, 5) is 12.0. The van der Waals surface area contributed by atoms with Crippen LogP contribution < -0.4 is 4.74 Å². The van der Waals surface area contributed by atoms with Gasteiger partial charge in [-0.2, -0.15) is 0 Å². The van der Waals surface area contributed by atoms with Crippen molar-refractivity contribution in [3.8, 4) is 5.75 Å². The molecule has 0 aliphatic rings. The maximum absolute atomic E-state index is 12.0. The molecule has 0 fully saturated rings. The fraction of sp³-hybridized carbons (Fsp3) is 0.500. The molecule has 1 rings (SSSR count). The molecule has 1 aromatic rings. The number of hydrogen-bond donors (Lipinski definition) is 0. The highest BCUT2D eigenvalue weighted by Gasteiger charge is 2.18. The van der Waals surface area contributed by atoms with Gasteiger partial charge in [-0.15, -0.1) is 0 Å². The maximum Gasteiger partial charge on any atom is 0.166 e. The minimum Gasteiger partial charge on any atom is -0.496 e. The molecule has 94 valence electrons. The normalized spacial score (nSPS) is 10.7. The minimum atomic E-state index is 0.0914. The predicted molar refractivity (Wildman–Crippen MR) is 71.3 cm³/mol. The Bertz CT molecular complexity index is 411. The predicted octanol–water partition coefficient (Wildman–Crippen LogP) is 4.45. The molecule has 2 nitrogen and oxygen atoms in total. The first-order valence-electron chi connectivity index (χ1n) is 5.91. The average Bonchev–Trinajstić information content (AvgIpc) is 2.28. The van der Waals surface area contributed by atoms with Gasteiger partial charge in [0, 0.05) is 11.4 Å². The molecule has 0 aromatic heterocycles. The fourth-order valence-corrected chi connectivity index (χ4v) is 2.07. The van der Waals surface area contributed by atoms with Crippen LogP contribution in [-0.2, 0) is 0 Å². The number of ether oxygens (including phenoxy) is 1. The molecule has 0 spiro atoms. The first-order valence-corrected chi connectivity index (χ1v) is 6.29. The van der Waals surface area contributed by atoms with E-state index in [2.05, 4.69) is 13.8 Å². The number of Topliss-reactive ketones (excluding diaryl/α,β-unsaturated/α-hetero) is 1. The summed E-state index contributed by atoms with van der Waals surface area (Å²) >= 11 is 6.06. The zero-order valence-electron chi connectivity index (χ0n) is 10.8. The van der Waals surface area contributed by atoms with Crippen LogP contribution in [0.25, 0.3) is 0 Å². The second-order valence-electron chi connectivity index (χ2n) is 4.40. The Balaban J connectivity index is 3.32. The van der Waals surface area contributed by atoms with Crippen molar-refractivity contribution in [3.63, 3.8) is 0 Å². The fourth-order valence-electron chi connectivity index (χ4n) is 1.84. The van der Waals surface area contributed by atoms with Gasteiger partial charge in [0.15, 0.2) is 5.78 Å². The summed E-state index contributed by atoms with van der Waals surface area (Å²) in [5.74, 6) is 1.04. The van der Waals surface area contributed by atoms with Gasteiger partial charge < -0.3 is 4.74 Å². The highest BCUT2D eigenvalue weighted by atomic mass is 35.5. The Morgan fingerprint density at radius 3 is 2.53 bits per heavy atom. The summed E-state index contributed by atoms with van der Waals surface area (Å²) in [5, 5.41) is 0.592. The Labute approximate surface area is 108 Å². The molecule has 0 atom stereocenters. The third kappa shape index (κ3) is 3.22. The summed E-state index contributed by atoms with van der Waals surface area (Å²) in [6.07, 6.45) is 1.35. The van der Waals surface area contributed by atoms with Crippen LogP contribution in [0.3, 0.4) is 0 Å². The van der Waals surface area contributed by atoms with Gasteiger partial charge in [-0.1, -0.05) is 32.4 Å². The monoisotopic (exact) mass is 254 g/mol. The van der Waals surface area contributed by atoms with Gasteiger partial charge in [0.25, 0.3) is 0 Å². The Morgan fingerprint density at radius 2 is 2.06 bits per heavy atom. The van der Waals surface area contributed by atoms with Gasteiger partial charge in [-0.25, -0.2) is 0 Å². The molecule has 0 N–H and O–H groups in total. The van der Waals surface area contributed by atoms with Crippen LogP contribution in [0.2, 0.25) is 5.02 Å². The summed E-state index contributed by atoms with van der Waals surface area (Å²) in [7, 11) is 1.60. The molecule has 0 saturated heterocycles. The number of carbonyl (C=O) groups is 1. The minimum absolute atomic E-state index is 0.0914. The van der Waals surface area contributed by atoms with E-state index in [-0.39, 0.29) is 11.7 Å². The lowest BCUT2D eigenvalue weighted by Gasteiger charge is -2.16. The van der Waals surface area contributed by atoms with Crippen LogP contribution in [0, 0.1) is 0 Å². The number of halogens is 1. The van der Waals surface area contributed by atoms with Crippen LogP contribution in [0.15, 0.2) is 12.1 Å². The number of methoxy groups -OCH3 is 1. The van der Waals surface area contributed by atoms with Crippen LogP contribution in [0.4, 0.5) is 0 Å². The summed E-state index contributed by atoms with van der Waals surface area (Å²) in [5.41, 5.74) is 1.59. The Hall–Kier alpha value is -1.02. The van der Waals surface area contributed by atoms with Crippen LogP contribution >= 0.6 is 11.6 Å². The van der Waals surface area contributed by atoms with Gasteiger partial charge in [0.2, 0.25) is 0 Å². The standard InChI is InChI=1S/C14H19ClO2/c1-5-6-13(16)12-8-10(15)7-11(9(2)3)14(12)17-4/h7-9H,5-6H2,1-4H3. The van der Waals surface area contributed by atoms with Crippen molar-refractivity contribution in [1.29, 1.82) is 0 Å². The average molecular weight is 255 g/mol. The molecular weight excluding hydrogens is 236 g/mol. The Kier molecular flexibility index (Phi) is 5.01. The lowest BCUT2D eigenvalue weighted by molar-refractivity contribution is 0.0978. The molecule has 17 heavy (non-hydrogen) atoms. The first kappa shape index (κ1) is 14.0. The molecule has 0 aliphatic carbocycles. The van der Waals surface area contributed by atoms with Crippen molar-refractivity contribution >= 4 is 17.4 Å². The van der Waals surface area contributed by atoms with Gasteiger partial charge in [-0.05, 0) is 30.0 Å². The van der Waals surface area contributed by atoms with Crippen molar-refractivity contribution in [2.45, 2.75) is 39.5 Å². The van der Waals surface area contributed by atoms with E-state index in [1.807, 2.05) is 13.0 Å². The number of carbonyl (C=O) groups excluding carboxylic acids is 1. The zero-order valence-corrected chi connectivity index (χ0v) is 11.6. The van der Waals surface area contributed by atoms with E-state index in [0.717, 1.165) is 12.0 Å². The van der Waals surface area contributed by atoms with Gasteiger partial charge in [0.1, 0.15) is 5.75 Å². The molecule has 1 aromatic carbocycles. The number of benzene rings is 1. The van der Waals surface area contributed by atoms with Crippen LogP contribution in [0.5, 0.6) is 5.75 Å². The molecule has 0 heterocycles. The molecule has 0 radical (unpaired) electrons. The van der Waals surface area contributed by atoms with Crippen molar-refractivity contribution in [2.24, 2.45) is 0 Å². The summed E-state index contributed by atoms with van der Waals surface area (Å²) in [6, 6.07) is 3.57. The van der Waals surface area contributed by atoms with Crippen molar-refractivity contribution < 1.29 is 9.53 Å². The molecule has 3 heteroatoms. The van der Waals surface area contributed by atoms with Crippen LogP contribution in [-0.4, -0.2) is 12.9 Å². The zero-order chi connectivity index (χ0) is 13.0. The number of rotatable bonds is 5. The second-order valence-corrected chi connectivity index (χ2v) is 4.84. The topological polar surface area (TPSA) is 26.3 Å². The van der Waals surface area contributed by atoms with E-state index in [9.17, 15) is 4.79 Å². The van der Waals surface area contributed by atoms with Gasteiger partial charge >= 0.3 is 0 Å². The van der Waals surface area contributed by atoms with Crippen LogP contribution in [0.1, 0.15) is 55.5 Å². The van der Waals surface area contributed by atoms with E-state index in [1.165, 1.54) is 0 Å². The molecule has 0 amide bonds. The van der Waals surface area contributed by atoms with E-state index in [0.29, 0.717) is 22.8 Å². The van der Waals surface area contributed by atoms with Crippen molar-refractivity contribution in [2.75, 3.05) is 7.11 Å². The smallest absolute Gasteiger partial charge is 0.166 e. The largest absolute Gasteiger partial charge is 0.496 e. The lowest BCUT2D eigenvalue weighted by Crippen LogP contribution is -2.05. The molecule has 0 unspecified atom stereocenters. The quantitative estimate of drug-likeness (QED) is 0.726. The lowest BCUT2D eigenvalue weighted by atomic mass is 9.96. The third-order valence-corrected chi connectivity index (χ3v) is 2.90. The van der Waals surface area contributed by atoms with Crippen molar-refractivity contribution in [3.05, 3.63) is 28.3 Å². The molecule has 0 saturated carbocycles. The van der Waals surface area contributed by atoms with E-state index in [1.54, 1.807) is 13.2 Å². The van der Waals surface area contributed by atoms with E-state index < -0.39 is 0 Å². The summed E-state index contributed by atoms with van der Waals surface area (Å²) in [6.45, 7) is 6.10. The number of hydrogen-bond acceptors (Lipinski definition) is 2. The second kappa shape index (κ2) is 6.06. The van der Waals surface area contributed by atoms with Gasteiger partial charge in [0.05, 0.1) is 12.7 Å². The highest BCUT2D eigenvalue weighted by Crippen LogP contribution is 2.34. The molecule has 0 aliphatic heterocycles. The highest BCUT2D eigenvalue weighted by molar-refractivity contribution is 6.31. The van der Waals surface area contributed by atoms with Crippen molar-refractivity contribution in [1.82, 2.24) is 0 Å². The van der Waals surface area contributed by atoms with E-state index >= 15 is 0 Å². The maximum atomic E-state index is 12.0. The summed E-state index contributed by atoms with van der Waals surface area (Å²) < 4.78 is 5.38. The van der Waals surface area contributed by atoms with Gasteiger partial charge in [-0.3, -0.25) is 4.79 Å². The molecular formula is C14H19ClO2. The number of ketones is 1. The Morgan fingerprint density at radius 1 is 1.41 bits per heavy atom. The molecule has 0 bridgehead atoms. The SMILES string of the molecule is CCCC(=O)c1cc(Cl)cc(C(C)C)c1OC.